The summed E-state index contributed by atoms with van der Waals surface area (Å²) in [5.41, 5.74) is 6.06. The molecule has 4 nitrogen and oxygen atoms in total. The van der Waals surface area contributed by atoms with Crippen molar-refractivity contribution in [1.82, 2.24) is 14.7 Å². The summed E-state index contributed by atoms with van der Waals surface area (Å²) in [7, 11) is 0. The topological polar surface area (TPSA) is 46.4 Å². The quantitative estimate of drug-likeness (QED) is 0.791. The molecular formula is C19H19N3O. The maximum atomic E-state index is 12.7. The lowest BCUT2D eigenvalue weighted by Gasteiger charge is -2.11. The minimum absolute atomic E-state index is 0.0391. The lowest BCUT2D eigenvalue weighted by molar-refractivity contribution is 0.0940. The Kier molecular flexibility index (Phi) is 3.18. The summed E-state index contributed by atoms with van der Waals surface area (Å²) in [5, 5.41) is 3.17. The molecule has 0 bridgehead atoms. The summed E-state index contributed by atoms with van der Waals surface area (Å²) in [6.45, 7) is 3.98. The van der Waals surface area contributed by atoms with Crippen LogP contribution in [0.4, 0.5) is 0 Å². The van der Waals surface area contributed by atoms with Gasteiger partial charge in [-0.2, -0.15) is 0 Å². The van der Waals surface area contributed by atoms with E-state index in [4.69, 9.17) is 0 Å². The summed E-state index contributed by atoms with van der Waals surface area (Å²) >= 11 is 0. The highest BCUT2D eigenvalue weighted by molar-refractivity contribution is 6.00. The summed E-state index contributed by atoms with van der Waals surface area (Å²) in [5.74, 6) is -0.0391. The number of carbonyl (C=O) groups is 1. The van der Waals surface area contributed by atoms with Crippen LogP contribution in [0.25, 0.3) is 5.65 Å². The van der Waals surface area contributed by atoms with Gasteiger partial charge in [-0.15, -0.1) is 0 Å². The van der Waals surface area contributed by atoms with E-state index < -0.39 is 0 Å². The molecule has 1 aromatic carbocycles. The van der Waals surface area contributed by atoms with E-state index in [1.54, 1.807) is 0 Å². The van der Waals surface area contributed by atoms with Crippen molar-refractivity contribution >= 4 is 11.6 Å². The second kappa shape index (κ2) is 5.23. The fourth-order valence-electron chi connectivity index (χ4n) is 3.50. The Bertz CT molecular complexity index is 885. The first-order valence-corrected chi connectivity index (χ1v) is 7.95. The van der Waals surface area contributed by atoms with Gasteiger partial charge in [-0.1, -0.05) is 24.3 Å². The molecule has 1 aliphatic carbocycles. The van der Waals surface area contributed by atoms with Crippen LogP contribution in [0.5, 0.6) is 0 Å². The first-order chi connectivity index (χ1) is 11.1. The Labute approximate surface area is 135 Å². The summed E-state index contributed by atoms with van der Waals surface area (Å²) in [4.78, 5) is 17.2. The van der Waals surface area contributed by atoms with Crippen molar-refractivity contribution in [2.75, 3.05) is 0 Å². The van der Waals surface area contributed by atoms with Crippen molar-refractivity contribution in [1.29, 1.82) is 0 Å². The third kappa shape index (κ3) is 2.40. The molecule has 3 aromatic rings. The first-order valence-electron chi connectivity index (χ1n) is 7.95. The Hall–Kier alpha value is -2.62. The van der Waals surface area contributed by atoms with Crippen LogP contribution < -0.4 is 5.32 Å². The molecule has 2 heterocycles. The highest BCUT2D eigenvalue weighted by atomic mass is 16.1. The second-order valence-corrected chi connectivity index (χ2v) is 6.31. The zero-order valence-corrected chi connectivity index (χ0v) is 13.3. The predicted molar refractivity (Wildman–Crippen MR) is 89.8 cm³/mol. The number of benzene rings is 1. The van der Waals surface area contributed by atoms with Crippen molar-refractivity contribution < 1.29 is 4.79 Å². The van der Waals surface area contributed by atoms with Crippen LogP contribution in [-0.4, -0.2) is 21.3 Å². The van der Waals surface area contributed by atoms with Crippen LogP contribution in [0, 0.1) is 13.8 Å². The first kappa shape index (κ1) is 14.0. The molecule has 2 aromatic heterocycles. The number of nitrogens with zero attached hydrogens (tertiary/aromatic N) is 2. The molecule has 1 N–H and O–H groups in total. The van der Waals surface area contributed by atoms with Gasteiger partial charge < -0.3 is 9.72 Å². The van der Waals surface area contributed by atoms with Crippen molar-refractivity contribution in [3.8, 4) is 0 Å². The number of aromatic nitrogens is 2. The molecule has 1 aliphatic rings. The highest BCUT2D eigenvalue weighted by Gasteiger charge is 2.24. The number of nitrogens with one attached hydrogen (secondary N) is 1. The molecule has 0 unspecified atom stereocenters. The zero-order chi connectivity index (χ0) is 16.0. The summed E-state index contributed by atoms with van der Waals surface area (Å²) in [6.07, 6.45) is 3.72. The van der Waals surface area contributed by atoms with Crippen LogP contribution in [-0.2, 0) is 12.8 Å². The molecule has 0 aliphatic heterocycles. The van der Waals surface area contributed by atoms with Crippen LogP contribution in [0.3, 0.4) is 0 Å². The number of aryl methyl sites for hydroxylation is 2. The Morgan fingerprint density at radius 2 is 1.87 bits per heavy atom. The van der Waals surface area contributed by atoms with E-state index in [-0.39, 0.29) is 11.9 Å². The average molecular weight is 305 g/mol. The number of hydrogen-bond donors (Lipinski definition) is 1. The van der Waals surface area contributed by atoms with Crippen molar-refractivity contribution in [2.45, 2.75) is 32.7 Å². The maximum absolute atomic E-state index is 12.7. The second-order valence-electron chi connectivity index (χ2n) is 6.31. The van der Waals surface area contributed by atoms with E-state index in [0.29, 0.717) is 5.56 Å². The average Bonchev–Trinajstić information content (AvgIpc) is 3.10. The Morgan fingerprint density at radius 3 is 2.57 bits per heavy atom. The molecule has 0 atom stereocenters. The monoisotopic (exact) mass is 305 g/mol. The van der Waals surface area contributed by atoms with Crippen molar-refractivity contribution in [3.05, 3.63) is 70.7 Å². The van der Waals surface area contributed by atoms with E-state index >= 15 is 0 Å². The smallest absolute Gasteiger partial charge is 0.255 e. The largest absolute Gasteiger partial charge is 0.349 e. The van der Waals surface area contributed by atoms with Crippen LogP contribution in [0.1, 0.15) is 32.9 Å². The summed E-state index contributed by atoms with van der Waals surface area (Å²) in [6, 6.07) is 12.4. The van der Waals surface area contributed by atoms with Crippen LogP contribution >= 0.6 is 0 Å². The molecule has 1 amide bonds. The van der Waals surface area contributed by atoms with Crippen molar-refractivity contribution in [2.24, 2.45) is 0 Å². The molecule has 0 spiro atoms. The number of hydrogen-bond acceptors (Lipinski definition) is 2. The fraction of sp³-hybridized carbons (Fsp3) is 0.263. The van der Waals surface area contributed by atoms with Crippen LogP contribution in [0.15, 0.2) is 42.6 Å². The van der Waals surface area contributed by atoms with Crippen LogP contribution in [0.2, 0.25) is 0 Å². The minimum Gasteiger partial charge on any atom is -0.349 e. The molecule has 116 valence electrons. The molecular weight excluding hydrogens is 286 g/mol. The van der Waals surface area contributed by atoms with E-state index in [9.17, 15) is 4.79 Å². The van der Waals surface area contributed by atoms with Gasteiger partial charge in [0.1, 0.15) is 5.65 Å². The molecule has 0 saturated heterocycles. The highest BCUT2D eigenvalue weighted by Crippen LogP contribution is 2.22. The number of amides is 1. The molecule has 0 fully saturated rings. The maximum Gasteiger partial charge on any atom is 0.255 e. The predicted octanol–water partition coefficient (Wildman–Crippen LogP) is 2.85. The van der Waals surface area contributed by atoms with Gasteiger partial charge in [0.25, 0.3) is 5.91 Å². The normalized spacial score (nSPS) is 14.2. The molecule has 23 heavy (non-hydrogen) atoms. The zero-order valence-electron chi connectivity index (χ0n) is 13.3. The van der Waals surface area contributed by atoms with E-state index in [2.05, 4.69) is 34.6 Å². The van der Waals surface area contributed by atoms with Gasteiger partial charge in [-0.25, -0.2) is 4.98 Å². The fourth-order valence-corrected chi connectivity index (χ4v) is 3.50. The number of carbonyl (C=O) groups excluding carboxylic acids is 1. The minimum atomic E-state index is -0.0391. The number of rotatable bonds is 2. The van der Waals surface area contributed by atoms with E-state index in [0.717, 1.165) is 29.9 Å². The molecule has 0 saturated carbocycles. The van der Waals surface area contributed by atoms with Gasteiger partial charge in [-0.3, -0.25) is 4.79 Å². The lowest BCUT2D eigenvalue weighted by Crippen LogP contribution is -2.35. The molecule has 0 radical (unpaired) electrons. The van der Waals surface area contributed by atoms with Gasteiger partial charge in [0.2, 0.25) is 0 Å². The number of fused-ring (bicyclic) bond motifs is 2. The van der Waals surface area contributed by atoms with E-state index in [1.807, 2.05) is 36.6 Å². The standard InChI is InChI=1S/C19H19N3O/c1-12-9-13(2)22-8-7-17(18(22)20-12)19(23)21-16-10-14-5-3-4-6-15(14)11-16/h3-9,16H,10-11H2,1-2H3,(H,21,23). The van der Waals surface area contributed by atoms with Crippen molar-refractivity contribution in [3.63, 3.8) is 0 Å². The Morgan fingerprint density at radius 1 is 1.17 bits per heavy atom. The van der Waals surface area contributed by atoms with Gasteiger partial charge in [0, 0.05) is 23.6 Å². The summed E-state index contributed by atoms with van der Waals surface area (Å²) < 4.78 is 1.96. The Balaban J connectivity index is 1.59. The lowest BCUT2D eigenvalue weighted by atomic mass is 10.1. The van der Waals surface area contributed by atoms with E-state index in [1.165, 1.54) is 11.1 Å². The third-order valence-corrected chi connectivity index (χ3v) is 4.57. The van der Waals surface area contributed by atoms with Gasteiger partial charge in [0.15, 0.2) is 0 Å². The van der Waals surface area contributed by atoms with Gasteiger partial charge in [-0.05, 0) is 49.9 Å². The van der Waals surface area contributed by atoms with Gasteiger partial charge in [0.05, 0.1) is 5.56 Å². The molecule has 4 heteroatoms. The SMILES string of the molecule is Cc1cc(C)n2ccc(C(=O)NC3Cc4ccccc4C3)c2n1. The third-order valence-electron chi connectivity index (χ3n) is 4.57. The molecule has 4 rings (SSSR count). The van der Waals surface area contributed by atoms with Gasteiger partial charge >= 0.3 is 0 Å².